The molecule has 2 heterocycles. The zero-order chi connectivity index (χ0) is 15.0. The summed E-state index contributed by atoms with van der Waals surface area (Å²) < 4.78 is 5.08. The minimum Gasteiger partial charge on any atom is -0.389 e. The van der Waals surface area contributed by atoms with Gasteiger partial charge < -0.3 is 14.7 Å². The summed E-state index contributed by atoms with van der Waals surface area (Å²) in [6.07, 6.45) is 0.613. The quantitative estimate of drug-likeness (QED) is 0.932. The minimum absolute atomic E-state index is 0.0564. The van der Waals surface area contributed by atoms with Gasteiger partial charge >= 0.3 is 0 Å². The number of nitrogens with zero attached hydrogens (tertiary/aromatic N) is 1. The molecule has 1 aromatic heterocycles. The molecule has 1 saturated heterocycles. The van der Waals surface area contributed by atoms with Gasteiger partial charge in [-0.25, -0.2) is 0 Å². The number of likely N-dealkylation sites (tertiary alicyclic amines) is 1. The summed E-state index contributed by atoms with van der Waals surface area (Å²) >= 11 is 1.48. The fraction of sp³-hybridized carbons (Fsp3) is 0.667. The van der Waals surface area contributed by atoms with Crippen molar-refractivity contribution in [2.24, 2.45) is 5.41 Å². The Morgan fingerprint density at radius 3 is 2.75 bits per heavy atom. The Morgan fingerprint density at radius 1 is 1.45 bits per heavy atom. The van der Waals surface area contributed by atoms with Gasteiger partial charge in [-0.15, -0.1) is 11.3 Å². The molecule has 0 saturated carbocycles. The predicted molar refractivity (Wildman–Crippen MR) is 80.0 cm³/mol. The highest BCUT2D eigenvalue weighted by Gasteiger charge is 2.45. The molecule has 1 atom stereocenters. The number of rotatable bonds is 3. The van der Waals surface area contributed by atoms with E-state index in [4.69, 9.17) is 4.74 Å². The number of ether oxygens (including phenoxy) is 1. The second-order valence-electron chi connectivity index (χ2n) is 6.33. The summed E-state index contributed by atoms with van der Waals surface area (Å²) in [5.41, 5.74) is -1.02. The number of carbonyl (C=O) groups is 1. The Balaban J connectivity index is 2.10. The van der Waals surface area contributed by atoms with Crippen LogP contribution in [0.1, 0.15) is 41.7 Å². The van der Waals surface area contributed by atoms with Gasteiger partial charge in [-0.1, -0.05) is 13.8 Å². The molecule has 1 aliphatic rings. The van der Waals surface area contributed by atoms with E-state index >= 15 is 0 Å². The molecule has 0 bridgehead atoms. The monoisotopic (exact) mass is 297 g/mol. The maximum atomic E-state index is 12.5. The lowest BCUT2D eigenvalue weighted by Gasteiger charge is -2.48. The van der Waals surface area contributed by atoms with Gasteiger partial charge in [0.15, 0.2) is 0 Å². The molecule has 0 unspecified atom stereocenters. The van der Waals surface area contributed by atoms with Gasteiger partial charge in [0.1, 0.15) is 0 Å². The molecule has 0 radical (unpaired) electrons. The molecule has 20 heavy (non-hydrogen) atoms. The van der Waals surface area contributed by atoms with Crippen molar-refractivity contribution in [2.45, 2.75) is 39.4 Å². The van der Waals surface area contributed by atoms with Crippen LogP contribution in [0.25, 0.3) is 0 Å². The fourth-order valence-corrected chi connectivity index (χ4v) is 3.41. The van der Waals surface area contributed by atoms with Crippen molar-refractivity contribution < 1.29 is 14.6 Å². The summed E-state index contributed by atoms with van der Waals surface area (Å²) in [6, 6.07) is 3.80. The van der Waals surface area contributed by atoms with Gasteiger partial charge in [0.05, 0.1) is 17.1 Å². The van der Waals surface area contributed by atoms with Crippen molar-refractivity contribution in [1.82, 2.24) is 4.90 Å². The lowest BCUT2D eigenvalue weighted by molar-refractivity contribution is -0.0970. The average molecular weight is 297 g/mol. The van der Waals surface area contributed by atoms with Crippen LogP contribution in [0.15, 0.2) is 12.1 Å². The zero-order valence-electron chi connectivity index (χ0n) is 12.6. The molecule has 112 valence electrons. The van der Waals surface area contributed by atoms with Crippen molar-refractivity contribution in [3.63, 3.8) is 0 Å². The van der Waals surface area contributed by atoms with E-state index in [-0.39, 0.29) is 11.3 Å². The lowest BCUT2D eigenvalue weighted by atomic mass is 9.71. The van der Waals surface area contributed by atoms with E-state index in [1.54, 1.807) is 7.11 Å². The largest absolute Gasteiger partial charge is 0.389 e. The number of aliphatic hydroxyl groups is 1. The van der Waals surface area contributed by atoms with Crippen LogP contribution < -0.4 is 0 Å². The third-order valence-electron chi connectivity index (χ3n) is 4.36. The van der Waals surface area contributed by atoms with Gasteiger partial charge in [0.25, 0.3) is 5.91 Å². The Kier molecular flexibility index (Phi) is 4.23. The highest BCUT2D eigenvalue weighted by atomic mass is 32.1. The predicted octanol–water partition coefficient (Wildman–Crippen LogP) is 2.52. The normalized spacial score (nSPS) is 25.8. The molecule has 1 aliphatic heterocycles. The smallest absolute Gasteiger partial charge is 0.263 e. The molecule has 1 aromatic rings. The van der Waals surface area contributed by atoms with Crippen molar-refractivity contribution in [2.75, 3.05) is 20.2 Å². The fourth-order valence-electron chi connectivity index (χ4n) is 2.46. The molecule has 5 heteroatoms. The number of hydrogen-bond acceptors (Lipinski definition) is 4. The SMILES string of the molecule is COCc1ccc(C(=O)N2CC[C@@](C)(O)C(C)(C)C2)s1. The molecule has 1 amide bonds. The van der Waals surface area contributed by atoms with Crippen LogP contribution in [0.3, 0.4) is 0 Å². The van der Waals surface area contributed by atoms with Gasteiger partial charge in [-0.2, -0.15) is 0 Å². The topological polar surface area (TPSA) is 49.8 Å². The first kappa shape index (κ1) is 15.5. The molecular formula is C15H23NO3S. The van der Waals surface area contributed by atoms with Crippen LogP contribution >= 0.6 is 11.3 Å². The number of hydrogen-bond donors (Lipinski definition) is 1. The van der Waals surface area contributed by atoms with Crippen LogP contribution in [-0.2, 0) is 11.3 Å². The van der Waals surface area contributed by atoms with Gasteiger partial charge in [-0.3, -0.25) is 4.79 Å². The first-order valence-electron chi connectivity index (χ1n) is 6.86. The second kappa shape index (κ2) is 5.47. The maximum Gasteiger partial charge on any atom is 0.263 e. The Morgan fingerprint density at radius 2 is 2.15 bits per heavy atom. The van der Waals surface area contributed by atoms with Crippen LogP contribution in [0, 0.1) is 5.41 Å². The van der Waals surface area contributed by atoms with Crippen molar-refractivity contribution in [3.8, 4) is 0 Å². The second-order valence-corrected chi connectivity index (χ2v) is 7.50. The number of methoxy groups -OCH3 is 1. The van der Waals surface area contributed by atoms with Crippen molar-refractivity contribution in [1.29, 1.82) is 0 Å². The molecule has 0 spiro atoms. The van der Waals surface area contributed by atoms with E-state index in [0.29, 0.717) is 26.1 Å². The van der Waals surface area contributed by atoms with E-state index in [1.807, 2.05) is 37.8 Å². The van der Waals surface area contributed by atoms with Crippen molar-refractivity contribution in [3.05, 3.63) is 21.9 Å². The highest BCUT2D eigenvalue weighted by molar-refractivity contribution is 7.14. The third kappa shape index (κ3) is 2.90. The molecule has 0 aromatic carbocycles. The van der Waals surface area contributed by atoms with Crippen LogP contribution in [-0.4, -0.2) is 41.7 Å². The summed E-state index contributed by atoms with van der Waals surface area (Å²) in [4.78, 5) is 16.2. The first-order valence-corrected chi connectivity index (χ1v) is 7.68. The number of amides is 1. The van der Waals surface area contributed by atoms with Crippen LogP contribution in [0.5, 0.6) is 0 Å². The van der Waals surface area contributed by atoms with Gasteiger partial charge in [-0.05, 0) is 25.5 Å². The summed E-state index contributed by atoms with van der Waals surface area (Å²) in [5.74, 6) is 0.0564. The van der Waals surface area contributed by atoms with Crippen LogP contribution in [0.4, 0.5) is 0 Å². The highest BCUT2D eigenvalue weighted by Crippen LogP contribution is 2.38. The van der Waals surface area contributed by atoms with Gasteiger partial charge in [0.2, 0.25) is 0 Å². The molecule has 4 nitrogen and oxygen atoms in total. The van der Waals surface area contributed by atoms with E-state index < -0.39 is 5.60 Å². The standard InChI is InChI=1S/C15H23NO3S/c1-14(2)10-16(8-7-15(14,3)18)13(17)12-6-5-11(20-12)9-19-4/h5-6,18H,7-10H2,1-4H3/t15-/m1/s1. The maximum absolute atomic E-state index is 12.5. The Bertz CT molecular complexity index is 493. The number of carbonyl (C=O) groups excluding carboxylic acids is 1. The number of thiophene rings is 1. The van der Waals surface area contributed by atoms with Crippen molar-refractivity contribution >= 4 is 17.2 Å². The molecule has 1 fully saturated rings. The molecular weight excluding hydrogens is 274 g/mol. The Hall–Kier alpha value is -0.910. The molecule has 1 N–H and O–H groups in total. The molecule has 2 rings (SSSR count). The van der Waals surface area contributed by atoms with E-state index in [2.05, 4.69) is 0 Å². The zero-order valence-corrected chi connectivity index (χ0v) is 13.4. The van der Waals surface area contributed by atoms with Gasteiger partial charge in [0, 0.05) is 30.5 Å². The van der Waals surface area contributed by atoms with Crippen LogP contribution in [0.2, 0.25) is 0 Å². The third-order valence-corrected chi connectivity index (χ3v) is 5.41. The summed E-state index contributed by atoms with van der Waals surface area (Å²) in [7, 11) is 1.65. The molecule has 0 aliphatic carbocycles. The number of piperidine rings is 1. The summed E-state index contributed by atoms with van der Waals surface area (Å²) in [6.45, 7) is 7.60. The minimum atomic E-state index is -0.722. The summed E-state index contributed by atoms with van der Waals surface area (Å²) in [5, 5.41) is 10.4. The Labute approximate surface area is 124 Å². The average Bonchev–Trinajstić information content (AvgIpc) is 2.81. The lowest BCUT2D eigenvalue weighted by Crippen LogP contribution is -2.56. The van der Waals surface area contributed by atoms with E-state index in [9.17, 15) is 9.90 Å². The first-order chi connectivity index (χ1) is 9.27. The van der Waals surface area contributed by atoms with E-state index in [0.717, 1.165) is 9.75 Å². The van der Waals surface area contributed by atoms with E-state index in [1.165, 1.54) is 11.3 Å².